The van der Waals surface area contributed by atoms with Crippen molar-refractivity contribution in [3.05, 3.63) is 77.4 Å². The van der Waals surface area contributed by atoms with Crippen molar-refractivity contribution < 1.29 is 14.4 Å². The van der Waals surface area contributed by atoms with Crippen LogP contribution in [0.1, 0.15) is 37.0 Å². The van der Waals surface area contributed by atoms with Gasteiger partial charge in [-0.25, -0.2) is 0 Å². The highest BCUT2D eigenvalue weighted by Crippen LogP contribution is 2.65. The number of benzene rings is 2. The van der Waals surface area contributed by atoms with E-state index < -0.39 is 6.04 Å². The Hall–Kier alpha value is -3.21. The first-order chi connectivity index (χ1) is 17.0. The second-order valence-corrected chi connectivity index (χ2v) is 10.6. The first-order valence-corrected chi connectivity index (χ1v) is 13.0. The molecule has 5 nitrogen and oxygen atoms in total. The van der Waals surface area contributed by atoms with Crippen molar-refractivity contribution in [2.45, 2.75) is 45.6 Å². The number of carbonyl (C=O) groups is 3. The van der Waals surface area contributed by atoms with Gasteiger partial charge in [0, 0.05) is 12.1 Å². The lowest BCUT2D eigenvalue weighted by Gasteiger charge is -2.37. The highest BCUT2D eigenvalue weighted by Gasteiger charge is 2.67. The molecule has 5 aliphatic rings. The quantitative estimate of drug-likeness (QED) is 0.483. The number of anilines is 1. The van der Waals surface area contributed by atoms with Gasteiger partial charge in [0.1, 0.15) is 6.04 Å². The third-order valence-corrected chi connectivity index (χ3v) is 8.83. The molecular formula is C30H32N2O3. The van der Waals surface area contributed by atoms with Crippen LogP contribution in [0.2, 0.25) is 0 Å². The minimum Gasteiger partial charge on any atom is -0.324 e. The minimum atomic E-state index is -0.867. The number of hydrogen-bond donors (Lipinski definition) is 1. The van der Waals surface area contributed by atoms with E-state index in [0.29, 0.717) is 18.3 Å². The maximum atomic E-state index is 13.9. The van der Waals surface area contributed by atoms with Crippen LogP contribution >= 0.6 is 0 Å². The van der Waals surface area contributed by atoms with E-state index in [1.54, 1.807) is 0 Å². The van der Waals surface area contributed by atoms with Gasteiger partial charge in [0.05, 0.1) is 11.8 Å². The van der Waals surface area contributed by atoms with E-state index in [1.807, 2.05) is 48.5 Å². The molecule has 180 valence electrons. The van der Waals surface area contributed by atoms with Crippen molar-refractivity contribution in [3.63, 3.8) is 0 Å². The zero-order valence-electron chi connectivity index (χ0n) is 20.3. The lowest BCUT2D eigenvalue weighted by molar-refractivity contribution is -0.146. The Morgan fingerprint density at radius 3 is 2.00 bits per heavy atom. The van der Waals surface area contributed by atoms with Gasteiger partial charge in [0.25, 0.3) is 0 Å². The largest absolute Gasteiger partial charge is 0.324 e. The summed E-state index contributed by atoms with van der Waals surface area (Å²) >= 11 is 0. The predicted octanol–water partition coefficient (Wildman–Crippen LogP) is 4.41. The molecule has 0 radical (unpaired) electrons. The van der Waals surface area contributed by atoms with Gasteiger partial charge >= 0.3 is 0 Å². The molecule has 3 amide bonds. The summed E-state index contributed by atoms with van der Waals surface area (Å²) in [5.74, 6) is 0.160. The van der Waals surface area contributed by atoms with Crippen molar-refractivity contribution in [1.29, 1.82) is 0 Å². The van der Waals surface area contributed by atoms with E-state index in [9.17, 15) is 14.4 Å². The molecule has 2 saturated carbocycles. The SMILES string of the molecule is CCc1cccc(CC)c1NC(=O)[C@H](Cc1ccccc1)N1C(=O)[C@@H]2[C@@H]3C=C[C@H]([C@H]4C[C@H]34)[C@@H]2C1=O. The standard InChI is InChI=1S/C30H32N2O3/c1-3-18-11-8-12-19(4-2)27(18)31-28(33)24(15-17-9-6-5-7-10-17)32-29(34)25-20-13-14-21(23-16-22(20)23)26(25)30(32)35/h5-14,20-26H,3-4,15-16H2,1-2H3,(H,31,33)/t20-,21-,22-,23-,24+,25-,26+/m1/s1. The van der Waals surface area contributed by atoms with Crippen molar-refractivity contribution >= 4 is 23.4 Å². The number of carbonyl (C=O) groups excluding carboxylic acids is 3. The fourth-order valence-electron chi connectivity index (χ4n) is 7.04. The fraction of sp³-hybridized carbons (Fsp3) is 0.433. The minimum absolute atomic E-state index is 0.143. The number of para-hydroxylation sites is 1. The predicted molar refractivity (Wildman–Crippen MR) is 134 cm³/mol. The van der Waals surface area contributed by atoms with E-state index in [-0.39, 0.29) is 41.4 Å². The van der Waals surface area contributed by atoms with Gasteiger partial charge in [-0.3, -0.25) is 19.3 Å². The molecule has 0 spiro atoms. The summed E-state index contributed by atoms with van der Waals surface area (Å²) in [7, 11) is 0. The summed E-state index contributed by atoms with van der Waals surface area (Å²) in [5.41, 5.74) is 3.88. The van der Waals surface area contributed by atoms with Crippen LogP contribution in [0.3, 0.4) is 0 Å². The lowest BCUT2D eigenvalue weighted by atomic mass is 9.63. The number of rotatable bonds is 7. The van der Waals surface area contributed by atoms with E-state index in [0.717, 1.165) is 41.6 Å². The van der Waals surface area contributed by atoms with Crippen molar-refractivity contribution in [3.8, 4) is 0 Å². The Kier molecular flexibility index (Phi) is 5.39. The number of imide groups is 1. The molecule has 2 aromatic rings. The molecule has 1 N–H and O–H groups in total. The van der Waals surface area contributed by atoms with Gasteiger partial charge in [-0.05, 0) is 59.6 Å². The third-order valence-electron chi connectivity index (χ3n) is 8.83. The average molecular weight is 469 g/mol. The van der Waals surface area contributed by atoms with Crippen LogP contribution in [0.25, 0.3) is 0 Å². The molecule has 1 heterocycles. The Balaban J connectivity index is 1.35. The monoisotopic (exact) mass is 468 g/mol. The maximum Gasteiger partial charge on any atom is 0.248 e. The molecular weight excluding hydrogens is 436 g/mol. The maximum absolute atomic E-state index is 13.9. The van der Waals surface area contributed by atoms with Crippen LogP contribution in [-0.2, 0) is 33.6 Å². The first kappa shape index (κ1) is 22.3. The van der Waals surface area contributed by atoms with E-state index >= 15 is 0 Å². The summed E-state index contributed by atoms with van der Waals surface area (Å²) in [6.07, 6.45) is 7.36. The topological polar surface area (TPSA) is 66.5 Å². The molecule has 0 aromatic heterocycles. The highest BCUT2D eigenvalue weighted by molar-refractivity contribution is 6.11. The van der Waals surface area contributed by atoms with Crippen LogP contribution in [-0.4, -0.2) is 28.7 Å². The molecule has 1 aliphatic heterocycles. The Morgan fingerprint density at radius 1 is 0.886 bits per heavy atom. The summed E-state index contributed by atoms with van der Waals surface area (Å²) in [4.78, 5) is 42.9. The zero-order chi connectivity index (χ0) is 24.3. The third kappa shape index (κ3) is 3.47. The van der Waals surface area contributed by atoms with Crippen LogP contribution in [0.4, 0.5) is 5.69 Å². The molecule has 35 heavy (non-hydrogen) atoms. The van der Waals surface area contributed by atoms with E-state index in [2.05, 4.69) is 31.3 Å². The van der Waals surface area contributed by atoms with Crippen LogP contribution in [0.5, 0.6) is 0 Å². The Bertz CT molecular complexity index is 1160. The first-order valence-electron chi connectivity index (χ1n) is 13.0. The van der Waals surface area contributed by atoms with Gasteiger partial charge < -0.3 is 5.32 Å². The Morgan fingerprint density at radius 2 is 1.46 bits per heavy atom. The van der Waals surface area contributed by atoms with Gasteiger partial charge in [-0.2, -0.15) is 0 Å². The molecule has 1 saturated heterocycles. The summed E-state index contributed by atoms with van der Waals surface area (Å²) in [6.45, 7) is 4.14. The second kappa shape index (κ2) is 8.47. The number of allylic oxidation sites excluding steroid dienone is 2. The number of nitrogens with one attached hydrogen (secondary N) is 1. The fourth-order valence-corrected chi connectivity index (χ4v) is 7.04. The van der Waals surface area contributed by atoms with Gasteiger partial charge in [0.2, 0.25) is 17.7 Å². The number of amides is 3. The summed E-state index contributed by atoms with van der Waals surface area (Å²) in [5, 5.41) is 3.16. The van der Waals surface area contributed by atoms with E-state index in [4.69, 9.17) is 0 Å². The van der Waals surface area contributed by atoms with Crippen molar-refractivity contribution in [2.24, 2.45) is 35.5 Å². The van der Waals surface area contributed by atoms with Crippen LogP contribution in [0.15, 0.2) is 60.7 Å². The highest BCUT2D eigenvalue weighted by atomic mass is 16.2. The molecule has 7 atom stereocenters. The Labute approximate surface area is 206 Å². The summed E-state index contributed by atoms with van der Waals surface area (Å²) < 4.78 is 0. The van der Waals surface area contributed by atoms with Gasteiger partial charge in [-0.1, -0.05) is 74.5 Å². The molecule has 5 heteroatoms. The normalized spacial score (nSPS) is 30.7. The van der Waals surface area contributed by atoms with Crippen LogP contribution in [0, 0.1) is 35.5 Å². The molecule has 7 rings (SSSR count). The van der Waals surface area contributed by atoms with Crippen LogP contribution < -0.4 is 5.32 Å². The molecule has 3 fully saturated rings. The second-order valence-electron chi connectivity index (χ2n) is 10.6. The number of hydrogen-bond acceptors (Lipinski definition) is 3. The lowest BCUT2D eigenvalue weighted by Crippen LogP contribution is -2.49. The smallest absolute Gasteiger partial charge is 0.248 e. The molecule has 0 unspecified atom stereocenters. The number of likely N-dealkylation sites (tertiary alicyclic amines) is 1. The van der Waals surface area contributed by atoms with Crippen molar-refractivity contribution in [1.82, 2.24) is 4.90 Å². The zero-order valence-corrected chi connectivity index (χ0v) is 20.3. The van der Waals surface area contributed by atoms with E-state index in [1.165, 1.54) is 4.90 Å². The van der Waals surface area contributed by atoms with Gasteiger partial charge in [0.15, 0.2) is 0 Å². The van der Waals surface area contributed by atoms with Crippen molar-refractivity contribution in [2.75, 3.05) is 5.32 Å². The average Bonchev–Trinajstić information content (AvgIpc) is 3.67. The number of aryl methyl sites for hydroxylation is 2. The molecule has 2 bridgehead atoms. The number of nitrogens with zero attached hydrogens (tertiary/aromatic N) is 1. The molecule has 2 aromatic carbocycles. The molecule has 4 aliphatic carbocycles. The van der Waals surface area contributed by atoms with Gasteiger partial charge in [-0.15, -0.1) is 0 Å². The summed E-state index contributed by atoms with van der Waals surface area (Å²) in [6, 6.07) is 14.9.